The Bertz CT molecular complexity index is 186. The molecule has 1 N–H and O–H groups in total. The van der Waals surface area contributed by atoms with Crippen molar-refractivity contribution in [2.24, 2.45) is 0 Å². The van der Waals surface area contributed by atoms with Crippen LogP contribution in [0.2, 0.25) is 0 Å². The predicted molar refractivity (Wildman–Crippen MR) is 39.2 cm³/mol. The van der Waals surface area contributed by atoms with Crippen molar-refractivity contribution in [3.05, 3.63) is 0 Å². The highest BCUT2D eigenvalue weighted by atomic mass is 16.5. The van der Waals surface area contributed by atoms with Crippen molar-refractivity contribution in [1.82, 2.24) is 4.90 Å². The summed E-state index contributed by atoms with van der Waals surface area (Å²) in [6, 6.07) is 0. The molecule has 1 atom stereocenters. The number of hydrogen-bond acceptors (Lipinski definition) is 4. The molecular formula is C7H11NO4. The average molecular weight is 173 g/mol. The number of nitrogens with zero attached hydrogens (tertiary/aromatic N) is 1. The summed E-state index contributed by atoms with van der Waals surface area (Å²) in [4.78, 5) is 23.0. The van der Waals surface area contributed by atoms with Crippen molar-refractivity contribution < 1.29 is 19.4 Å². The molecular weight excluding hydrogens is 162 g/mol. The number of morpholine rings is 1. The second-order valence-corrected chi connectivity index (χ2v) is 2.74. The topological polar surface area (TPSA) is 66.8 Å². The van der Waals surface area contributed by atoms with Crippen LogP contribution in [-0.2, 0) is 14.3 Å². The SMILES string of the molecule is C[C@@H](O)CN1C(=O)COCC1=O. The maximum Gasteiger partial charge on any atom is 0.255 e. The van der Waals surface area contributed by atoms with E-state index in [1.54, 1.807) is 0 Å². The van der Waals surface area contributed by atoms with Crippen LogP contribution in [0.1, 0.15) is 6.92 Å². The van der Waals surface area contributed by atoms with E-state index in [-0.39, 0.29) is 31.6 Å². The summed E-state index contributed by atoms with van der Waals surface area (Å²) in [5, 5.41) is 8.95. The Morgan fingerprint density at radius 3 is 2.42 bits per heavy atom. The van der Waals surface area contributed by atoms with Gasteiger partial charge in [-0.15, -0.1) is 0 Å². The number of β-amino-alcohol motifs (C(OH)–C–C–N with tert-alkyl or cyclic N) is 1. The zero-order valence-corrected chi connectivity index (χ0v) is 6.82. The zero-order valence-electron chi connectivity index (χ0n) is 6.82. The summed E-state index contributed by atoms with van der Waals surface area (Å²) < 4.78 is 4.68. The molecule has 0 aromatic rings. The molecule has 1 rings (SSSR count). The van der Waals surface area contributed by atoms with Crippen LogP contribution < -0.4 is 0 Å². The van der Waals surface area contributed by atoms with Gasteiger partial charge in [-0.1, -0.05) is 0 Å². The number of aliphatic hydroxyl groups is 1. The van der Waals surface area contributed by atoms with Crippen LogP contribution in [0.25, 0.3) is 0 Å². The van der Waals surface area contributed by atoms with Crippen LogP contribution >= 0.6 is 0 Å². The zero-order chi connectivity index (χ0) is 9.14. The second kappa shape index (κ2) is 3.64. The monoisotopic (exact) mass is 173 g/mol. The summed E-state index contributed by atoms with van der Waals surface area (Å²) in [6.45, 7) is 1.44. The highest BCUT2D eigenvalue weighted by Gasteiger charge is 2.27. The molecule has 0 saturated carbocycles. The molecule has 2 amide bonds. The summed E-state index contributed by atoms with van der Waals surface area (Å²) >= 11 is 0. The van der Waals surface area contributed by atoms with Crippen LogP contribution in [0, 0.1) is 0 Å². The fourth-order valence-electron chi connectivity index (χ4n) is 0.988. The fraction of sp³-hybridized carbons (Fsp3) is 0.714. The Morgan fingerprint density at radius 1 is 1.50 bits per heavy atom. The van der Waals surface area contributed by atoms with E-state index in [2.05, 4.69) is 4.74 Å². The van der Waals surface area contributed by atoms with Gasteiger partial charge in [0.05, 0.1) is 12.6 Å². The molecule has 1 aliphatic rings. The molecule has 0 radical (unpaired) electrons. The second-order valence-electron chi connectivity index (χ2n) is 2.74. The van der Waals surface area contributed by atoms with E-state index in [9.17, 15) is 9.59 Å². The van der Waals surface area contributed by atoms with E-state index in [0.29, 0.717) is 0 Å². The van der Waals surface area contributed by atoms with Crippen molar-refractivity contribution in [2.45, 2.75) is 13.0 Å². The number of carbonyl (C=O) groups is 2. The van der Waals surface area contributed by atoms with Gasteiger partial charge < -0.3 is 9.84 Å². The van der Waals surface area contributed by atoms with Crippen LogP contribution in [-0.4, -0.2) is 47.7 Å². The highest BCUT2D eigenvalue weighted by Crippen LogP contribution is 2.01. The van der Waals surface area contributed by atoms with Gasteiger partial charge in [0.15, 0.2) is 0 Å². The van der Waals surface area contributed by atoms with Gasteiger partial charge in [0.1, 0.15) is 13.2 Å². The first-order valence-corrected chi connectivity index (χ1v) is 3.70. The van der Waals surface area contributed by atoms with E-state index in [1.165, 1.54) is 6.92 Å². The fourth-order valence-corrected chi connectivity index (χ4v) is 0.988. The van der Waals surface area contributed by atoms with Gasteiger partial charge in [0.2, 0.25) is 0 Å². The number of imide groups is 1. The number of ether oxygens (including phenoxy) is 1. The van der Waals surface area contributed by atoms with E-state index < -0.39 is 6.10 Å². The van der Waals surface area contributed by atoms with Crippen LogP contribution in [0.4, 0.5) is 0 Å². The first kappa shape index (κ1) is 9.15. The van der Waals surface area contributed by atoms with Gasteiger partial charge >= 0.3 is 0 Å². The van der Waals surface area contributed by atoms with Gasteiger partial charge in [0.25, 0.3) is 11.8 Å². The molecule has 0 aromatic carbocycles. The molecule has 0 aliphatic carbocycles. The van der Waals surface area contributed by atoms with Gasteiger partial charge in [-0.2, -0.15) is 0 Å². The predicted octanol–water partition coefficient (Wildman–Crippen LogP) is -1.25. The van der Waals surface area contributed by atoms with Crippen molar-refractivity contribution in [3.63, 3.8) is 0 Å². The number of amides is 2. The van der Waals surface area contributed by atoms with E-state index in [1.807, 2.05) is 0 Å². The first-order valence-electron chi connectivity index (χ1n) is 3.70. The summed E-state index contributed by atoms with van der Waals surface area (Å²) in [5.74, 6) is -0.765. The highest BCUT2D eigenvalue weighted by molar-refractivity contribution is 5.98. The summed E-state index contributed by atoms with van der Waals surface area (Å²) in [6.07, 6.45) is -0.684. The maximum atomic E-state index is 11.0. The third kappa shape index (κ3) is 2.02. The third-order valence-electron chi connectivity index (χ3n) is 1.50. The minimum Gasteiger partial charge on any atom is -0.392 e. The lowest BCUT2D eigenvalue weighted by Gasteiger charge is -2.25. The molecule has 0 bridgehead atoms. The number of hydrogen-bond donors (Lipinski definition) is 1. The quantitative estimate of drug-likeness (QED) is 0.530. The standard InChI is InChI=1S/C7H11NO4/c1-5(9)2-8-6(10)3-12-4-7(8)11/h5,9H,2-4H2,1H3/t5-/m1/s1. The molecule has 5 nitrogen and oxygen atoms in total. The van der Waals surface area contributed by atoms with Gasteiger partial charge in [-0.05, 0) is 6.92 Å². The smallest absolute Gasteiger partial charge is 0.255 e. The average Bonchev–Trinajstić information content (AvgIpc) is 1.97. The molecule has 0 spiro atoms. The third-order valence-corrected chi connectivity index (χ3v) is 1.50. The molecule has 12 heavy (non-hydrogen) atoms. The van der Waals surface area contributed by atoms with E-state index >= 15 is 0 Å². The maximum absolute atomic E-state index is 11.0. The summed E-state index contributed by atoms with van der Waals surface area (Å²) in [5.41, 5.74) is 0. The van der Waals surface area contributed by atoms with Crippen molar-refractivity contribution in [2.75, 3.05) is 19.8 Å². The Hall–Kier alpha value is -0.940. The molecule has 1 saturated heterocycles. The Morgan fingerprint density at radius 2 is 2.00 bits per heavy atom. The lowest BCUT2D eigenvalue weighted by molar-refractivity contribution is -0.159. The molecule has 1 fully saturated rings. The molecule has 0 aromatic heterocycles. The lowest BCUT2D eigenvalue weighted by atomic mass is 10.3. The largest absolute Gasteiger partial charge is 0.392 e. The van der Waals surface area contributed by atoms with Crippen molar-refractivity contribution in [3.8, 4) is 0 Å². The van der Waals surface area contributed by atoms with E-state index in [4.69, 9.17) is 5.11 Å². The Balaban J connectivity index is 2.57. The van der Waals surface area contributed by atoms with Gasteiger partial charge in [-0.3, -0.25) is 14.5 Å². The molecule has 0 unspecified atom stereocenters. The number of rotatable bonds is 2. The van der Waals surface area contributed by atoms with Crippen LogP contribution in [0.3, 0.4) is 0 Å². The number of aliphatic hydroxyl groups excluding tert-OH is 1. The van der Waals surface area contributed by atoms with Gasteiger partial charge in [0, 0.05) is 0 Å². The molecule has 5 heteroatoms. The molecule has 1 aliphatic heterocycles. The minimum atomic E-state index is -0.684. The minimum absolute atomic E-state index is 0.0566. The van der Waals surface area contributed by atoms with E-state index in [0.717, 1.165) is 4.90 Å². The van der Waals surface area contributed by atoms with Crippen LogP contribution in [0.15, 0.2) is 0 Å². The summed E-state index contributed by atoms with van der Waals surface area (Å²) in [7, 11) is 0. The molecule has 68 valence electrons. The van der Waals surface area contributed by atoms with Crippen LogP contribution in [0.5, 0.6) is 0 Å². The van der Waals surface area contributed by atoms with Crippen molar-refractivity contribution in [1.29, 1.82) is 0 Å². The van der Waals surface area contributed by atoms with Crippen molar-refractivity contribution >= 4 is 11.8 Å². The number of carbonyl (C=O) groups excluding carboxylic acids is 2. The normalized spacial score (nSPS) is 21.3. The Kier molecular flexibility index (Phi) is 2.78. The Labute approximate surface area is 69.9 Å². The first-order chi connectivity index (χ1) is 5.61. The lowest BCUT2D eigenvalue weighted by Crippen LogP contribution is -2.48. The molecule has 1 heterocycles. The van der Waals surface area contributed by atoms with Gasteiger partial charge in [-0.25, -0.2) is 0 Å².